The van der Waals surface area contributed by atoms with Crippen LogP contribution < -0.4 is 32.3 Å². The molecule has 1 atom stereocenters. The number of benzene rings is 2. The third-order valence-corrected chi connectivity index (χ3v) is 5.85. The highest BCUT2D eigenvalue weighted by Gasteiger charge is 2.19. The second-order valence-corrected chi connectivity index (χ2v) is 8.36. The molecule has 2 aromatic rings. The van der Waals surface area contributed by atoms with E-state index in [1.807, 2.05) is 19.1 Å². The molecule has 188 valence electrons. The average molecular weight is 491 g/mol. The lowest BCUT2D eigenvalue weighted by molar-refractivity contribution is -0.135. The smallest absolute Gasteiger partial charge is 0.330 e. The predicted molar refractivity (Wildman–Crippen MR) is 136 cm³/mol. The number of carbonyl (C=O) groups excluding carboxylic acids is 4. The van der Waals surface area contributed by atoms with Gasteiger partial charge in [-0.25, -0.2) is 4.79 Å². The zero-order chi connectivity index (χ0) is 26.1. The van der Waals surface area contributed by atoms with Crippen LogP contribution in [-0.2, 0) is 25.5 Å². The summed E-state index contributed by atoms with van der Waals surface area (Å²) < 4.78 is 4.39. The summed E-state index contributed by atoms with van der Waals surface area (Å²) in [4.78, 5) is 48.1. The van der Waals surface area contributed by atoms with E-state index in [-0.39, 0.29) is 24.8 Å². The summed E-state index contributed by atoms with van der Waals surface area (Å²) in [5.74, 6) is -2.11. The van der Waals surface area contributed by atoms with Crippen molar-refractivity contribution in [2.24, 2.45) is 0 Å². The minimum Gasteiger partial charge on any atom is -0.466 e. The van der Waals surface area contributed by atoms with Gasteiger partial charge in [0, 0.05) is 35.9 Å². The van der Waals surface area contributed by atoms with Crippen LogP contribution in [0.5, 0.6) is 0 Å². The minimum atomic E-state index is -0.690. The van der Waals surface area contributed by atoms with Crippen LogP contribution >= 0.6 is 0 Å². The van der Waals surface area contributed by atoms with Gasteiger partial charge < -0.3 is 15.8 Å². The van der Waals surface area contributed by atoms with Gasteiger partial charge in [0.1, 0.15) is 0 Å². The van der Waals surface area contributed by atoms with Crippen molar-refractivity contribution >= 4 is 41.0 Å². The summed E-state index contributed by atoms with van der Waals surface area (Å²) in [7, 11) is 1.19. The van der Waals surface area contributed by atoms with E-state index in [0.29, 0.717) is 16.8 Å². The molecule has 5 N–H and O–H groups in total. The molecule has 0 heterocycles. The third-order valence-electron chi connectivity index (χ3n) is 5.85. The standard InChI is InChI=1S/C27H30N4O5/c1-17(21-9-5-7-18-6-3-4-8-22(18)21)29-27(35)23-16-20(28)12-10-19(23)11-13-24(32)30-31-25(33)14-15-26(34)36-2/h3-4,6-8,10,12,14-17H,5,9,11,13,28H2,1-2H3,(H,29,35)(H,30,32)(H,31,33)/b15-14+/t17-/m1/s1. The van der Waals surface area contributed by atoms with Crippen molar-refractivity contribution in [3.63, 3.8) is 0 Å². The van der Waals surface area contributed by atoms with Crippen molar-refractivity contribution in [3.8, 4) is 0 Å². The number of methoxy groups -OCH3 is 1. The van der Waals surface area contributed by atoms with Crippen LogP contribution in [-0.4, -0.2) is 36.8 Å². The van der Waals surface area contributed by atoms with Crippen LogP contribution in [0.4, 0.5) is 5.69 Å². The number of hydrogen-bond donors (Lipinski definition) is 4. The Kier molecular flexibility index (Phi) is 8.99. The van der Waals surface area contributed by atoms with Gasteiger partial charge in [-0.15, -0.1) is 0 Å². The number of anilines is 1. The number of esters is 1. The Bertz CT molecular complexity index is 1320. The molecule has 0 aromatic heterocycles. The Morgan fingerprint density at radius 1 is 1.08 bits per heavy atom. The first-order valence-electron chi connectivity index (χ1n) is 11.6. The lowest BCUT2D eigenvalue weighted by Gasteiger charge is -2.21. The van der Waals surface area contributed by atoms with Crippen molar-refractivity contribution in [2.75, 3.05) is 12.8 Å². The quantitative estimate of drug-likeness (QED) is 0.185. The molecule has 3 rings (SSSR count). The molecule has 9 heteroatoms. The molecule has 0 aliphatic heterocycles. The summed E-state index contributed by atoms with van der Waals surface area (Å²) in [6, 6.07) is 12.9. The summed E-state index contributed by atoms with van der Waals surface area (Å²) in [5, 5.41) is 5.39. The Balaban J connectivity index is 1.64. The highest BCUT2D eigenvalue weighted by Crippen LogP contribution is 2.18. The van der Waals surface area contributed by atoms with Gasteiger partial charge >= 0.3 is 5.97 Å². The van der Waals surface area contributed by atoms with Crippen molar-refractivity contribution in [1.82, 2.24) is 16.2 Å². The topological polar surface area (TPSA) is 140 Å². The van der Waals surface area contributed by atoms with Crippen molar-refractivity contribution < 1.29 is 23.9 Å². The normalized spacial score (nSPS) is 13.2. The average Bonchev–Trinajstić information content (AvgIpc) is 2.89. The Hall–Kier alpha value is -4.40. The zero-order valence-electron chi connectivity index (χ0n) is 20.3. The first-order valence-corrected chi connectivity index (χ1v) is 11.6. The number of hydrazine groups is 1. The van der Waals surface area contributed by atoms with Gasteiger partial charge in [-0.1, -0.05) is 36.4 Å². The van der Waals surface area contributed by atoms with Gasteiger partial charge in [-0.3, -0.25) is 25.2 Å². The fourth-order valence-electron chi connectivity index (χ4n) is 4.02. The fourth-order valence-corrected chi connectivity index (χ4v) is 4.02. The number of fused-ring (bicyclic) bond motifs is 1. The predicted octanol–water partition coefficient (Wildman–Crippen LogP) is 0.622. The molecule has 0 unspecified atom stereocenters. The molecule has 0 bridgehead atoms. The molecule has 9 nitrogen and oxygen atoms in total. The first kappa shape index (κ1) is 26.2. The molecule has 3 amide bonds. The molecule has 0 spiro atoms. The zero-order valence-corrected chi connectivity index (χ0v) is 20.3. The maximum Gasteiger partial charge on any atom is 0.330 e. The van der Waals surface area contributed by atoms with Crippen LogP contribution in [0.25, 0.3) is 11.6 Å². The summed E-state index contributed by atoms with van der Waals surface area (Å²) in [6.07, 6.45) is 6.13. The van der Waals surface area contributed by atoms with E-state index in [0.717, 1.165) is 30.2 Å². The van der Waals surface area contributed by atoms with E-state index in [9.17, 15) is 19.2 Å². The summed E-state index contributed by atoms with van der Waals surface area (Å²) in [5.41, 5.74) is 13.1. The van der Waals surface area contributed by atoms with Gasteiger partial charge in [0.05, 0.1) is 7.11 Å². The van der Waals surface area contributed by atoms with Crippen LogP contribution in [0, 0.1) is 0 Å². The maximum absolute atomic E-state index is 13.2. The fraction of sp³-hybridized carbons (Fsp3) is 0.259. The molecule has 2 aromatic carbocycles. The number of carbonyl (C=O) groups is 4. The van der Waals surface area contributed by atoms with E-state index < -0.39 is 17.8 Å². The molecular weight excluding hydrogens is 460 g/mol. The summed E-state index contributed by atoms with van der Waals surface area (Å²) >= 11 is 0. The van der Waals surface area contributed by atoms with Gasteiger partial charge in [-0.05, 0) is 59.9 Å². The Labute approximate surface area is 209 Å². The third kappa shape index (κ3) is 7.05. The van der Waals surface area contributed by atoms with Crippen LogP contribution in [0.2, 0.25) is 0 Å². The van der Waals surface area contributed by atoms with Crippen LogP contribution in [0.1, 0.15) is 42.1 Å². The van der Waals surface area contributed by atoms with Crippen molar-refractivity contribution in [2.45, 2.75) is 38.6 Å². The van der Waals surface area contributed by atoms with Crippen molar-refractivity contribution in [3.05, 3.63) is 76.2 Å². The number of ether oxygens (including phenoxy) is 1. The lowest BCUT2D eigenvalue weighted by Crippen LogP contribution is -2.41. The molecule has 0 radical (unpaired) electrons. The Morgan fingerprint density at radius 2 is 1.86 bits per heavy atom. The lowest BCUT2D eigenvalue weighted by atomic mass is 9.94. The van der Waals surface area contributed by atoms with Crippen molar-refractivity contribution in [1.29, 1.82) is 0 Å². The number of rotatable bonds is 8. The SMILES string of the molecule is COC(=O)/C=C/C(=O)NNC(=O)CCc1ccc(N)cc1C(=O)N[C@H](C)C1=c2ccccc2=CCC1. The number of aryl methyl sites for hydroxylation is 1. The molecular formula is C27H30N4O5. The summed E-state index contributed by atoms with van der Waals surface area (Å²) in [6.45, 7) is 1.96. The monoisotopic (exact) mass is 490 g/mol. The minimum absolute atomic E-state index is 0.0152. The molecule has 0 fully saturated rings. The Morgan fingerprint density at radius 3 is 2.64 bits per heavy atom. The van der Waals surface area contributed by atoms with E-state index in [1.54, 1.807) is 18.2 Å². The van der Waals surface area contributed by atoms with E-state index in [1.165, 1.54) is 17.9 Å². The highest BCUT2D eigenvalue weighted by atomic mass is 16.5. The second-order valence-electron chi connectivity index (χ2n) is 8.36. The maximum atomic E-state index is 13.2. The van der Waals surface area contributed by atoms with E-state index in [4.69, 9.17) is 5.73 Å². The van der Waals surface area contributed by atoms with Gasteiger partial charge in [0.2, 0.25) is 5.91 Å². The van der Waals surface area contributed by atoms with E-state index >= 15 is 0 Å². The number of nitrogen functional groups attached to an aromatic ring is 1. The largest absolute Gasteiger partial charge is 0.466 e. The van der Waals surface area contributed by atoms with Gasteiger partial charge in [0.25, 0.3) is 11.8 Å². The van der Waals surface area contributed by atoms with Gasteiger partial charge in [0.15, 0.2) is 0 Å². The molecule has 0 saturated carbocycles. The van der Waals surface area contributed by atoms with E-state index in [2.05, 4.69) is 39.1 Å². The number of nitrogens with one attached hydrogen (secondary N) is 3. The molecule has 1 aliphatic carbocycles. The number of nitrogens with two attached hydrogens (primary N) is 1. The first-order chi connectivity index (χ1) is 17.3. The van der Waals surface area contributed by atoms with Crippen LogP contribution in [0.15, 0.2) is 54.6 Å². The molecule has 1 aliphatic rings. The van der Waals surface area contributed by atoms with Crippen LogP contribution in [0.3, 0.4) is 0 Å². The highest BCUT2D eigenvalue weighted by molar-refractivity contribution is 5.98. The number of hydrogen-bond acceptors (Lipinski definition) is 6. The molecule has 36 heavy (non-hydrogen) atoms. The second kappa shape index (κ2) is 12.3. The van der Waals surface area contributed by atoms with Gasteiger partial charge in [-0.2, -0.15) is 0 Å². The molecule has 0 saturated heterocycles. The number of amides is 3.